The van der Waals surface area contributed by atoms with Gasteiger partial charge in [-0.2, -0.15) is 10.2 Å². The molecule has 3 heterocycles. The Hall–Kier alpha value is -2.28. The molecule has 0 bridgehead atoms. The molecule has 3 rings (SSSR count). The molecule has 0 spiro atoms. The van der Waals surface area contributed by atoms with E-state index in [0.717, 1.165) is 16.9 Å². The van der Waals surface area contributed by atoms with Crippen LogP contribution in [-0.2, 0) is 13.5 Å². The largest absolute Gasteiger partial charge is 0.388 e. The summed E-state index contributed by atoms with van der Waals surface area (Å²) in [6, 6.07) is 0. The first-order chi connectivity index (χ1) is 8.75. The van der Waals surface area contributed by atoms with Crippen molar-refractivity contribution in [2.45, 2.75) is 12.5 Å². The molecule has 1 atom stereocenters. The normalized spacial score (nSPS) is 13.0. The van der Waals surface area contributed by atoms with Crippen molar-refractivity contribution in [3.63, 3.8) is 0 Å². The smallest absolute Gasteiger partial charge is 0.138 e. The Bertz CT molecular complexity index is 673. The summed E-state index contributed by atoms with van der Waals surface area (Å²) >= 11 is 0. The number of aromatic nitrogens is 6. The number of rotatable bonds is 3. The van der Waals surface area contributed by atoms with Gasteiger partial charge in [-0.3, -0.25) is 9.67 Å². The van der Waals surface area contributed by atoms with Crippen LogP contribution in [0.25, 0.3) is 5.52 Å². The van der Waals surface area contributed by atoms with Crippen molar-refractivity contribution in [2.24, 2.45) is 7.05 Å². The van der Waals surface area contributed by atoms with Crippen LogP contribution in [0.5, 0.6) is 0 Å². The maximum absolute atomic E-state index is 10.2. The first kappa shape index (κ1) is 10.8. The number of aliphatic hydroxyl groups excluding tert-OH is 1. The summed E-state index contributed by atoms with van der Waals surface area (Å²) in [5, 5.41) is 18.4. The van der Waals surface area contributed by atoms with Crippen LogP contribution in [0, 0.1) is 0 Å². The molecule has 0 aliphatic rings. The van der Waals surface area contributed by atoms with Gasteiger partial charge >= 0.3 is 0 Å². The van der Waals surface area contributed by atoms with Crippen molar-refractivity contribution in [3.8, 4) is 0 Å². The molecule has 0 saturated heterocycles. The average Bonchev–Trinajstić information content (AvgIpc) is 2.96. The van der Waals surface area contributed by atoms with E-state index in [1.807, 2.05) is 0 Å². The van der Waals surface area contributed by atoms with Gasteiger partial charge in [0.15, 0.2) is 0 Å². The van der Waals surface area contributed by atoms with Crippen molar-refractivity contribution in [1.82, 2.24) is 29.4 Å². The van der Waals surface area contributed by atoms with Crippen molar-refractivity contribution >= 4 is 5.52 Å². The monoisotopic (exact) mass is 244 g/mol. The van der Waals surface area contributed by atoms with Crippen LogP contribution in [0.4, 0.5) is 0 Å². The highest BCUT2D eigenvalue weighted by Crippen LogP contribution is 2.20. The summed E-state index contributed by atoms with van der Waals surface area (Å²) in [5.74, 6) is 0.728. The van der Waals surface area contributed by atoms with Crippen LogP contribution in [0.2, 0.25) is 0 Å². The van der Waals surface area contributed by atoms with Crippen LogP contribution in [0.1, 0.15) is 17.5 Å². The van der Waals surface area contributed by atoms with Gasteiger partial charge in [0.25, 0.3) is 0 Å². The highest BCUT2D eigenvalue weighted by Gasteiger charge is 2.16. The second-order valence-corrected chi connectivity index (χ2v) is 4.03. The molecule has 0 aromatic carbocycles. The number of aryl methyl sites for hydroxylation is 1. The van der Waals surface area contributed by atoms with Crippen molar-refractivity contribution < 1.29 is 5.11 Å². The number of fused-ring (bicyclic) bond motifs is 1. The number of nitrogens with zero attached hydrogens (tertiary/aromatic N) is 6. The minimum Gasteiger partial charge on any atom is -0.388 e. The first-order valence-electron chi connectivity index (χ1n) is 5.54. The Morgan fingerprint density at radius 2 is 2.22 bits per heavy atom. The number of hydrogen-bond donors (Lipinski definition) is 1. The van der Waals surface area contributed by atoms with Gasteiger partial charge in [-0.25, -0.2) is 9.50 Å². The van der Waals surface area contributed by atoms with Gasteiger partial charge in [0.1, 0.15) is 12.2 Å². The van der Waals surface area contributed by atoms with Crippen molar-refractivity contribution in [2.75, 3.05) is 0 Å². The Balaban J connectivity index is 1.93. The molecule has 7 heteroatoms. The Kier molecular flexibility index (Phi) is 2.52. The zero-order valence-electron chi connectivity index (χ0n) is 9.80. The quantitative estimate of drug-likeness (QED) is 0.708. The SMILES string of the molecule is Cn1ncnc1CC(O)c1cnn2ccncc12. The minimum absolute atomic E-state index is 0.396. The summed E-state index contributed by atoms with van der Waals surface area (Å²) in [5.41, 5.74) is 1.54. The molecule has 92 valence electrons. The first-order valence-corrected chi connectivity index (χ1v) is 5.54. The summed E-state index contributed by atoms with van der Waals surface area (Å²) < 4.78 is 3.33. The maximum atomic E-state index is 10.2. The molecule has 0 fully saturated rings. The van der Waals surface area contributed by atoms with E-state index in [-0.39, 0.29) is 0 Å². The third kappa shape index (κ3) is 1.74. The molecule has 0 aliphatic heterocycles. The van der Waals surface area contributed by atoms with Crippen LogP contribution < -0.4 is 0 Å². The van der Waals surface area contributed by atoms with E-state index in [1.165, 1.54) is 6.33 Å². The fraction of sp³-hybridized carbons (Fsp3) is 0.273. The highest BCUT2D eigenvalue weighted by atomic mass is 16.3. The van der Waals surface area contributed by atoms with Crippen molar-refractivity contribution in [3.05, 3.63) is 42.5 Å². The minimum atomic E-state index is -0.672. The van der Waals surface area contributed by atoms with E-state index < -0.39 is 6.10 Å². The molecule has 0 aliphatic carbocycles. The van der Waals surface area contributed by atoms with E-state index in [4.69, 9.17) is 0 Å². The van der Waals surface area contributed by atoms with Gasteiger partial charge in [-0.1, -0.05) is 0 Å². The summed E-state index contributed by atoms with van der Waals surface area (Å²) in [7, 11) is 1.80. The summed E-state index contributed by atoms with van der Waals surface area (Å²) in [4.78, 5) is 8.13. The molecule has 0 saturated carbocycles. The summed E-state index contributed by atoms with van der Waals surface area (Å²) in [6.07, 6.45) is 7.92. The molecule has 3 aromatic rings. The van der Waals surface area contributed by atoms with Crippen LogP contribution in [0.15, 0.2) is 31.1 Å². The lowest BCUT2D eigenvalue weighted by atomic mass is 10.1. The molecular formula is C11H12N6O. The summed E-state index contributed by atoms with van der Waals surface area (Å²) in [6.45, 7) is 0. The standard InChI is InChI=1S/C11H12N6O/c1-16-11(13-7-15-16)4-10(18)8-5-14-17-3-2-12-6-9(8)17/h2-3,5-7,10,18H,4H2,1H3. The molecule has 1 unspecified atom stereocenters. The predicted molar refractivity (Wildman–Crippen MR) is 62.7 cm³/mol. The van der Waals surface area contributed by atoms with Gasteiger partial charge in [0.2, 0.25) is 0 Å². The number of aliphatic hydroxyl groups is 1. The lowest BCUT2D eigenvalue weighted by molar-refractivity contribution is 0.176. The third-order valence-corrected chi connectivity index (χ3v) is 2.89. The average molecular weight is 244 g/mol. The van der Waals surface area contributed by atoms with Gasteiger partial charge < -0.3 is 5.11 Å². The second-order valence-electron chi connectivity index (χ2n) is 4.03. The zero-order valence-corrected chi connectivity index (χ0v) is 9.80. The van der Waals surface area contributed by atoms with E-state index in [2.05, 4.69) is 20.2 Å². The fourth-order valence-electron chi connectivity index (χ4n) is 1.90. The lowest BCUT2D eigenvalue weighted by Crippen LogP contribution is -2.07. The highest BCUT2D eigenvalue weighted by molar-refractivity contribution is 5.52. The zero-order chi connectivity index (χ0) is 12.5. The van der Waals surface area contributed by atoms with Crippen LogP contribution in [0.3, 0.4) is 0 Å². The van der Waals surface area contributed by atoms with Gasteiger partial charge in [-0.15, -0.1) is 0 Å². The third-order valence-electron chi connectivity index (χ3n) is 2.89. The van der Waals surface area contributed by atoms with Gasteiger partial charge in [0.05, 0.1) is 24.0 Å². The second kappa shape index (κ2) is 4.19. The van der Waals surface area contributed by atoms with Crippen LogP contribution >= 0.6 is 0 Å². The van der Waals surface area contributed by atoms with E-state index >= 15 is 0 Å². The molecule has 0 radical (unpaired) electrons. The maximum Gasteiger partial charge on any atom is 0.138 e. The predicted octanol–water partition coefficient (Wildman–Crippen LogP) is 0.134. The Morgan fingerprint density at radius 3 is 3.00 bits per heavy atom. The lowest BCUT2D eigenvalue weighted by Gasteiger charge is -2.08. The Labute approximate surface area is 103 Å². The molecular weight excluding hydrogens is 232 g/mol. The van der Waals surface area contributed by atoms with E-state index in [0.29, 0.717) is 6.42 Å². The fourth-order valence-corrected chi connectivity index (χ4v) is 1.90. The van der Waals surface area contributed by atoms with E-state index in [1.54, 1.807) is 41.0 Å². The molecule has 3 aromatic heterocycles. The Morgan fingerprint density at radius 1 is 1.33 bits per heavy atom. The molecule has 7 nitrogen and oxygen atoms in total. The number of hydrogen-bond acceptors (Lipinski definition) is 5. The van der Waals surface area contributed by atoms with Gasteiger partial charge in [-0.05, 0) is 0 Å². The van der Waals surface area contributed by atoms with Gasteiger partial charge in [0, 0.05) is 31.4 Å². The molecule has 18 heavy (non-hydrogen) atoms. The topological polar surface area (TPSA) is 81.1 Å². The van der Waals surface area contributed by atoms with E-state index in [9.17, 15) is 5.11 Å². The van der Waals surface area contributed by atoms with Crippen molar-refractivity contribution in [1.29, 1.82) is 0 Å². The molecule has 1 N–H and O–H groups in total. The molecule has 0 amide bonds. The van der Waals surface area contributed by atoms with Crippen LogP contribution in [-0.4, -0.2) is 34.5 Å².